The molecule has 1 aliphatic heterocycles. The predicted molar refractivity (Wildman–Crippen MR) is 44.1 cm³/mol. The molecule has 1 rings (SSSR count). The highest BCUT2D eigenvalue weighted by Gasteiger charge is 2.18. The first-order valence-electron chi connectivity index (χ1n) is 4.56. The topological polar surface area (TPSA) is 14.1 Å². The Labute approximate surface area is 64.2 Å². The second kappa shape index (κ2) is 3.97. The quantitative estimate of drug-likeness (QED) is 0.559. The third-order valence-electron chi connectivity index (χ3n) is 2.44. The summed E-state index contributed by atoms with van der Waals surface area (Å²) in [6.07, 6.45) is 6.58. The monoisotopic (exact) mass is 140 g/mol. The summed E-state index contributed by atoms with van der Waals surface area (Å²) in [4.78, 5) is 0. The van der Waals surface area contributed by atoms with E-state index in [1.165, 1.54) is 32.1 Å². The average Bonchev–Trinajstić information content (AvgIpc) is 2.05. The van der Waals surface area contributed by atoms with E-state index < -0.39 is 0 Å². The Morgan fingerprint density at radius 1 is 1.10 bits per heavy atom. The molecule has 0 amide bonds. The van der Waals surface area contributed by atoms with E-state index in [-0.39, 0.29) is 0 Å². The maximum Gasteiger partial charge on any atom is 0.0246 e. The van der Waals surface area contributed by atoms with E-state index in [0.717, 1.165) is 0 Å². The van der Waals surface area contributed by atoms with Gasteiger partial charge in [0, 0.05) is 12.1 Å². The smallest absolute Gasteiger partial charge is 0.0246 e. The number of piperidine rings is 1. The number of rotatable bonds is 2. The average molecular weight is 140 g/mol. The van der Waals surface area contributed by atoms with Crippen molar-refractivity contribution in [2.75, 3.05) is 0 Å². The molecule has 1 radical (unpaired) electrons. The fourth-order valence-corrected chi connectivity index (χ4v) is 1.66. The van der Waals surface area contributed by atoms with Crippen molar-refractivity contribution in [2.45, 2.75) is 58.0 Å². The van der Waals surface area contributed by atoms with Crippen molar-refractivity contribution in [3.05, 3.63) is 0 Å². The van der Waals surface area contributed by atoms with Crippen LogP contribution in [0.5, 0.6) is 0 Å². The van der Waals surface area contributed by atoms with Crippen LogP contribution in [0.3, 0.4) is 0 Å². The van der Waals surface area contributed by atoms with Crippen molar-refractivity contribution in [3.8, 4) is 0 Å². The molecule has 0 aliphatic carbocycles. The minimum absolute atomic E-state index is 0.693. The van der Waals surface area contributed by atoms with Crippen LogP contribution in [-0.2, 0) is 0 Å². The van der Waals surface area contributed by atoms with Gasteiger partial charge >= 0.3 is 0 Å². The SMILES string of the molecule is CCC1CCCC(CC)[N]1. The molecular formula is C9H18N. The Kier molecular flexibility index (Phi) is 3.20. The van der Waals surface area contributed by atoms with Crippen LogP contribution in [-0.4, -0.2) is 12.1 Å². The molecule has 59 valence electrons. The molecule has 0 bridgehead atoms. The normalized spacial score (nSPS) is 34.2. The highest BCUT2D eigenvalue weighted by molar-refractivity contribution is 4.77. The molecule has 0 N–H and O–H groups in total. The third kappa shape index (κ3) is 1.98. The fraction of sp³-hybridized carbons (Fsp3) is 1.00. The van der Waals surface area contributed by atoms with Crippen LogP contribution in [0.15, 0.2) is 0 Å². The van der Waals surface area contributed by atoms with Crippen LogP contribution in [0.2, 0.25) is 0 Å². The second-order valence-corrected chi connectivity index (χ2v) is 3.20. The van der Waals surface area contributed by atoms with Crippen LogP contribution in [0.4, 0.5) is 0 Å². The van der Waals surface area contributed by atoms with E-state index >= 15 is 0 Å². The van der Waals surface area contributed by atoms with Gasteiger partial charge in [-0.25, -0.2) is 5.32 Å². The Morgan fingerprint density at radius 2 is 1.60 bits per heavy atom. The Morgan fingerprint density at radius 3 is 2.00 bits per heavy atom. The van der Waals surface area contributed by atoms with Gasteiger partial charge in [-0.1, -0.05) is 20.3 Å². The molecule has 1 heteroatoms. The number of nitrogens with zero attached hydrogens (tertiary/aromatic N) is 1. The van der Waals surface area contributed by atoms with Crippen LogP contribution < -0.4 is 5.32 Å². The van der Waals surface area contributed by atoms with Crippen molar-refractivity contribution in [1.82, 2.24) is 5.32 Å². The summed E-state index contributed by atoms with van der Waals surface area (Å²) in [7, 11) is 0. The maximum atomic E-state index is 4.72. The van der Waals surface area contributed by atoms with Crippen molar-refractivity contribution in [1.29, 1.82) is 0 Å². The molecule has 1 heterocycles. The molecule has 0 aromatic carbocycles. The van der Waals surface area contributed by atoms with Gasteiger partial charge in [0.25, 0.3) is 0 Å². The van der Waals surface area contributed by atoms with Crippen LogP contribution in [0.1, 0.15) is 46.0 Å². The van der Waals surface area contributed by atoms with E-state index in [1.807, 2.05) is 0 Å². The minimum Gasteiger partial charge on any atom is -0.235 e. The highest BCUT2D eigenvalue weighted by Crippen LogP contribution is 2.17. The lowest BCUT2D eigenvalue weighted by Gasteiger charge is -2.27. The van der Waals surface area contributed by atoms with Gasteiger partial charge in [-0.15, -0.1) is 0 Å². The summed E-state index contributed by atoms with van der Waals surface area (Å²) in [6, 6.07) is 1.39. The number of hydrogen-bond donors (Lipinski definition) is 0. The van der Waals surface area contributed by atoms with Gasteiger partial charge in [0.05, 0.1) is 0 Å². The molecule has 1 fully saturated rings. The van der Waals surface area contributed by atoms with Crippen molar-refractivity contribution < 1.29 is 0 Å². The first-order chi connectivity index (χ1) is 4.86. The van der Waals surface area contributed by atoms with E-state index in [9.17, 15) is 0 Å². The molecule has 0 aromatic heterocycles. The van der Waals surface area contributed by atoms with Crippen LogP contribution in [0, 0.1) is 0 Å². The maximum absolute atomic E-state index is 4.72. The Hall–Kier alpha value is -0.0400. The molecule has 0 aromatic rings. The summed E-state index contributed by atoms with van der Waals surface area (Å²) >= 11 is 0. The molecule has 1 nitrogen and oxygen atoms in total. The summed E-state index contributed by atoms with van der Waals surface area (Å²) in [5.41, 5.74) is 0. The van der Waals surface area contributed by atoms with E-state index in [0.29, 0.717) is 12.1 Å². The van der Waals surface area contributed by atoms with Crippen molar-refractivity contribution in [3.63, 3.8) is 0 Å². The zero-order chi connectivity index (χ0) is 7.40. The lowest BCUT2D eigenvalue weighted by Crippen LogP contribution is -2.35. The largest absolute Gasteiger partial charge is 0.235 e. The highest BCUT2D eigenvalue weighted by atomic mass is 15.0. The molecule has 10 heavy (non-hydrogen) atoms. The zero-order valence-electron chi connectivity index (χ0n) is 7.14. The molecule has 2 atom stereocenters. The third-order valence-corrected chi connectivity index (χ3v) is 2.44. The van der Waals surface area contributed by atoms with Gasteiger partial charge in [0.15, 0.2) is 0 Å². The molecule has 1 aliphatic rings. The molecular weight excluding hydrogens is 122 g/mol. The Bertz CT molecular complexity index is 80.7. The van der Waals surface area contributed by atoms with Gasteiger partial charge in [-0.2, -0.15) is 0 Å². The predicted octanol–water partition coefficient (Wildman–Crippen LogP) is 2.33. The summed E-state index contributed by atoms with van der Waals surface area (Å²) in [5, 5.41) is 4.72. The fourth-order valence-electron chi connectivity index (χ4n) is 1.66. The Balaban J connectivity index is 2.25. The molecule has 1 saturated heterocycles. The second-order valence-electron chi connectivity index (χ2n) is 3.20. The first kappa shape index (κ1) is 8.06. The van der Waals surface area contributed by atoms with Crippen molar-refractivity contribution in [2.24, 2.45) is 0 Å². The van der Waals surface area contributed by atoms with Gasteiger partial charge < -0.3 is 0 Å². The summed E-state index contributed by atoms with van der Waals surface area (Å²) in [6.45, 7) is 4.48. The molecule has 2 unspecified atom stereocenters. The summed E-state index contributed by atoms with van der Waals surface area (Å²) in [5.74, 6) is 0. The van der Waals surface area contributed by atoms with E-state index in [4.69, 9.17) is 5.32 Å². The van der Waals surface area contributed by atoms with Crippen LogP contribution >= 0.6 is 0 Å². The number of hydrogen-bond acceptors (Lipinski definition) is 0. The standard InChI is InChI=1S/C9H18N/c1-3-8-6-5-7-9(4-2)10-8/h8-9H,3-7H2,1-2H3. The van der Waals surface area contributed by atoms with E-state index in [1.54, 1.807) is 0 Å². The van der Waals surface area contributed by atoms with Gasteiger partial charge in [0.1, 0.15) is 0 Å². The molecule has 0 spiro atoms. The summed E-state index contributed by atoms with van der Waals surface area (Å²) < 4.78 is 0. The first-order valence-corrected chi connectivity index (χ1v) is 4.56. The minimum atomic E-state index is 0.693. The van der Waals surface area contributed by atoms with Crippen LogP contribution in [0.25, 0.3) is 0 Å². The molecule has 0 saturated carbocycles. The van der Waals surface area contributed by atoms with Gasteiger partial charge in [-0.3, -0.25) is 0 Å². The van der Waals surface area contributed by atoms with Crippen molar-refractivity contribution >= 4 is 0 Å². The lowest BCUT2D eigenvalue weighted by molar-refractivity contribution is 0.300. The zero-order valence-corrected chi connectivity index (χ0v) is 7.14. The van der Waals surface area contributed by atoms with E-state index in [2.05, 4.69) is 13.8 Å². The lowest BCUT2D eigenvalue weighted by atomic mass is 9.96. The van der Waals surface area contributed by atoms with Gasteiger partial charge in [-0.05, 0) is 25.7 Å². The van der Waals surface area contributed by atoms with Gasteiger partial charge in [0.2, 0.25) is 0 Å².